The van der Waals surface area contributed by atoms with Crippen LogP contribution in [-0.2, 0) is 6.42 Å². The largest absolute Gasteiger partial charge is 0.476 e. The number of hydrogen-bond acceptors (Lipinski definition) is 5. The quantitative estimate of drug-likeness (QED) is 0.397. The van der Waals surface area contributed by atoms with Gasteiger partial charge in [0.1, 0.15) is 5.52 Å². The Hall–Kier alpha value is -3.78. The van der Waals surface area contributed by atoms with E-state index in [0.29, 0.717) is 29.3 Å². The molecule has 0 amide bonds. The van der Waals surface area contributed by atoms with Crippen molar-refractivity contribution in [2.75, 3.05) is 6.61 Å². The highest BCUT2D eigenvalue weighted by molar-refractivity contribution is 5.71. The molecule has 0 bridgehead atoms. The number of aryl methyl sites for hydroxylation is 1. The van der Waals surface area contributed by atoms with Gasteiger partial charge >= 0.3 is 0 Å². The number of fused-ring (bicyclic) bond motifs is 1. The van der Waals surface area contributed by atoms with Crippen molar-refractivity contribution in [3.63, 3.8) is 0 Å². The molecular weight excluding hydrogens is 348 g/mol. The summed E-state index contributed by atoms with van der Waals surface area (Å²) in [7, 11) is 0. The van der Waals surface area contributed by atoms with E-state index in [-0.39, 0.29) is 0 Å². The fourth-order valence-corrected chi connectivity index (χ4v) is 2.70. The third-order valence-electron chi connectivity index (χ3n) is 4.08. The van der Waals surface area contributed by atoms with Crippen LogP contribution in [0.25, 0.3) is 11.2 Å². The van der Waals surface area contributed by atoms with Gasteiger partial charge in [-0.2, -0.15) is 0 Å². The van der Waals surface area contributed by atoms with E-state index in [0.717, 1.165) is 18.4 Å². The minimum Gasteiger partial charge on any atom is -0.476 e. The molecule has 0 N–H and O–H groups in total. The van der Waals surface area contributed by atoms with Crippen LogP contribution in [0.4, 0.5) is 0 Å². The van der Waals surface area contributed by atoms with Gasteiger partial charge in [0, 0.05) is 24.2 Å². The van der Waals surface area contributed by atoms with E-state index in [1.807, 2.05) is 54.7 Å². The first kappa shape index (κ1) is 17.6. The lowest BCUT2D eigenvalue weighted by Crippen LogP contribution is -2.05. The fourth-order valence-electron chi connectivity index (χ4n) is 2.70. The van der Waals surface area contributed by atoms with Crippen LogP contribution in [0.2, 0.25) is 0 Å². The molecule has 0 aliphatic carbocycles. The van der Waals surface area contributed by atoms with Gasteiger partial charge < -0.3 is 4.74 Å². The molecule has 0 fully saturated rings. The van der Waals surface area contributed by atoms with Crippen molar-refractivity contribution in [3.05, 3.63) is 90.0 Å². The Balaban J connectivity index is 1.54. The first-order valence-corrected chi connectivity index (χ1v) is 9.10. The number of aromatic nitrogens is 4. The Labute approximate surface area is 163 Å². The van der Waals surface area contributed by atoms with Crippen LogP contribution in [0.5, 0.6) is 5.88 Å². The van der Waals surface area contributed by atoms with Crippen LogP contribution in [0.1, 0.15) is 23.2 Å². The molecular formula is C23H18N4O. The predicted octanol–water partition coefficient (Wildman–Crippen LogP) is 3.83. The highest BCUT2D eigenvalue weighted by atomic mass is 16.5. The van der Waals surface area contributed by atoms with Crippen molar-refractivity contribution >= 4 is 11.2 Å². The first-order chi connectivity index (χ1) is 13.9. The summed E-state index contributed by atoms with van der Waals surface area (Å²) >= 11 is 0. The van der Waals surface area contributed by atoms with Gasteiger partial charge in [0.25, 0.3) is 0 Å². The summed E-state index contributed by atoms with van der Waals surface area (Å²) in [4.78, 5) is 17.5. The van der Waals surface area contributed by atoms with Crippen LogP contribution in [0.15, 0.2) is 73.2 Å². The lowest BCUT2D eigenvalue weighted by molar-refractivity contribution is 0.298. The molecule has 0 saturated heterocycles. The third-order valence-corrected chi connectivity index (χ3v) is 4.08. The van der Waals surface area contributed by atoms with Gasteiger partial charge in [-0.3, -0.25) is 4.98 Å². The van der Waals surface area contributed by atoms with Gasteiger partial charge in [-0.15, -0.1) is 0 Å². The van der Waals surface area contributed by atoms with Crippen molar-refractivity contribution in [1.82, 2.24) is 19.9 Å². The van der Waals surface area contributed by atoms with E-state index >= 15 is 0 Å². The molecule has 28 heavy (non-hydrogen) atoms. The average Bonchev–Trinajstić information content (AvgIpc) is 2.76. The molecule has 1 aromatic carbocycles. The number of ether oxygens (including phenoxy) is 1. The van der Waals surface area contributed by atoms with Gasteiger partial charge in [-0.25, -0.2) is 15.0 Å². The van der Waals surface area contributed by atoms with E-state index in [4.69, 9.17) is 4.74 Å². The van der Waals surface area contributed by atoms with Crippen LogP contribution < -0.4 is 4.74 Å². The van der Waals surface area contributed by atoms with E-state index in [2.05, 4.69) is 37.8 Å². The zero-order chi connectivity index (χ0) is 19.0. The molecule has 0 unspecified atom stereocenters. The molecule has 0 spiro atoms. The number of rotatable bonds is 5. The second kappa shape index (κ2) is 8.74. The van der Waals surface area contributed by atoms with E-state index in [1.165, 1.54) is 5.56 Å². The maximum Gasteiger partial charge on any atom is 0.249 e. The molecule has 136 valence electrons. The predicted molar refractivity (Wildman–Crippen MR) is 108 cm³/mol. The Bertz CT molecular complexity index is 1120. The van der Waals surface area contributed by atoms with Gasteiger partial charge in [0.2, 0.25) is 5.88 Å². The first-order valence-electron chi connectivity index (χ1n) is 9.10. The normalized spacial score (nSPS) is 10.3. The lowest BCUT2D eigenvalue weighted by Gasteiger charge is -2.08. The van der Waals surface area contributed by atoms with Crippen LogP contribution in [-0.4, -0.2) is 26.5 Å². The van der Waals surface area contributed by atoms with Crippen molar-refractivity contribution in [3.8, 4) is 17.7 Å². The zero-order valence-electron chi connectivity index (χ0n) is 15.2. The maximum absolute atomic E-state index is 5.93. The third kappa shape index (κ3) is 4.49. The van der Waals surface area contributed by atoms with Crippen molar-refractivity contribution in [1.29, 1.82) is 0 Å². The summed E-state index contributed by atoms with van der Waals surface area (Å²) in [6.07, 6.45) is 7.08. The molecule has 0 saturated carbocycles. The molecule has 0 atom stereocenters. The summed E-state index contributed by atoms with van der Waals surface area (Å²) in [6.45, 7) is 0.523. The lowest BCUT2D eigenvalue weighted by atomic mass is 10.2. The smallest absolute Gasteiger partial charge is 0.249 e. The summed E-state index contributed by atoms with van der Waals surface area (Å²) in [6, 6.07) is 17.5. The zero-order valence-corrected chi connectivity index (χ0v) is 15.2. The average molecular weight is 366 g/mol. The fraction of sp³-hybridized carbons (Fsp3) is 0.130. The molecule has 5 nitrogen and oxygen atoms in total. The summed E-state index contributed by atoms with van der Waals surface area (Å²) in [5, 5.41) is 0. The van der Waals surface area contributed by atoms with Crippen molar-refractivity contribution in [2.24, 2.45) is 0 Å². The van der Waals surface area contributed by atoms with Gasteiger partial charge in [-0.05, 0) is 54.7 Å². The van der Waals surface area contributed by atoms with Crippen LogP contribution in [0, 0.1) is 11.8 Å². The molecule has 0 aliphatic heterocycles. The van der Waals surface area contributed by atoms with Gasteiger partial charge in [-0.1, -0.05) is 30.2 Å². The minimum absolute atomic E-state index is 0.440. The number of benzene rings is 1. The molecule has 3 aromatic heterocycles. The SMILES string of the molecule is C(#Cc1nc2ncccc2nc1OCCCc1cccnc1)c1ccccc1. The van der Waals surface area contributed by atoms with E-state index < -0.39 is 0 Å². The van der Waals surface area contributed by atoms with Gasteiger partial charge in [0.05, 0.1) is 6.61 Å². The second-order valence-electron chi connectivity index (χ2n) is 6.15. The summed E-state index contributed by atoms with van der Waals surface area (Å²) < 4.78 is 5.93. The van der Waals surface area contributed by atoms with E-state index in [1.54, 1.807) is 12.4 Å². The van der Waals surface area contributed by atoms with Crippen molar-refractivity contribution in [2.45, 2.75) is 12.8 Å². The topological polar surface area (TPSA) is 60.8 Å². The molecule has 4 aromatic rings. The van der Waals surface area contributed by atoms with Gasteiger partial charge in [0.15, 0.2) is 11.3 Å². The summed E-state index contributed by atoms with van der Waals surface area (Å²) in [5.74, 6) is 6.64. The Morgan fingerprint density at radius 3 is 2.61 bits per heavy atom. The highest BCUT2D eigenvalue weighted by Crippen LogP contribution is 2.17. The molecule has 5 heteroatoms. The number of nitrogens with zero attached hydrogens (tertiary/aromatic N) is 4. The standard InChI is InChI=1S/C23H18N4O/c1-2-7-18(8-3-1)12-13-21-23(27-20-11-5-15-25-22(20)26-21)28-16-6-10-19-9-4-14-24-17-19/h1-5,7-9,11,14-15,17H,6,10,16H2. The number of pyridine rings is 2. The molecule has 0 aliphatic rings. The molecule has 0 radical (unpaired) electrons. The Morgan fingerprint density at radius 1 is 0.857 bits per heavy atom. The van der Waals surface area contributed by atoms with Crippen molar-refractivity contribution < 1.29 is 4.74 Å². The maximum atomic E-state index is 5.93. The second-order valence-corrected chi connectivity index (χ2v) is 6.15. The summed E-state index contributed by atoms with van der Waals surface area (Å²) in [5.41, 5.74) is 3.84. The molecule has 3 heterocycles. The minimum atomic E-state index is 0.440. The Kier molecular flexibility index (Phi) is 5.50. The van der Waals surface area contributed by atoms with E-state index in [9.17, 15) is 0 Å². The van der Waals surface area contributed by atoms with Crippen LogP contribution >= 0.6 is 0 Å². The monoisotopic (exact) mass is 366 g/mol. The molecule has 4 rings (SSSR count). The Morgan fingerprint density at radius 2 is 1.75 bits per heavy atom. The number of hydrogen-bond donors (Lipinski definition) is 0. The van der Waals surface area contributed by atoms with Crippen LogP contribution in [0.3, 0.4) is 0 Å². The highest BCUT2D eigenvalue weighted by Gasteiger charge is 2.09.